The van der Waals surface area contributed by atoms with Crippen molar-refractivity contribution in [2.45, 2.75) is 73.1 Å². The average Bonchev–Trinajstić information content (AvgIpc) is 2.89. The van der Waals surface area contributed by atoms with Crippen LogP contribution in [0.25, 0.3) is 11.1 Å². The minimum absolute atomic E-state index is 0.139. The first-order valence-electron chi connectivity index (χ1n) is 12.8. The second-order valence-corrected chi connectivity index (χ2v) is 8.03. The maximum absolute atomic E-state index is 12.2. The molecule has 0 aliphatic rings. The number of carbonyl (C=O) groups is 1. The molecule has 38 heavy (non-hydrogen) atoms. The van der Waals surface area contributed by atoms with Crippen molar-refractivity contribution in [2.75, 3.05) is 13.2 Å². The first-order valence-corrected chi connectivity index (χ1v) is 12.8. The molecule has 0 unspecified atom stereocenters. The molecule has 2 aromatic rings. The average molecular weight is 532 g/mol. The minimum atomic E-state index is -4.72. The summed E-state index contributed by atoms with van der Waals surface area (Å²) < 4.78 is 45.9. The number of hydrogen-bond acceptors (Lipinski definition) is 4. The van der Waals surface area contributed by atoms with E-state index in [0.29, 0.717) is 29.0 Å². The Morgan fingerprint density at radius 1 is 1.03 bits per heavy atom. The van der Waals surface area contributed by atoms with Gasteiger partial charge >= 0.3 is 6.36 Å². The summed E-state index contributed by atoms with van der Waals surface area (Å²) in [4.78, 5) is 16.0. The molecule has 0 fully saturated rings. The van der Waals surface area contributed by atoms with E-state index in [0.717, 1.165) is 19.4 Å². The Balaban J connectivity index is 0.000000812. The number of nitrogens with zero attached hydrogens (tertiary/aromatic N) is 1. The fourth-order valence-electron chi connectivity index (χ4n) is 2.85. The van der Waals surface area contributed by atoms with E-state index in [9.17, 15) is 18.0 Å². The van der Waals surface area contributed by atoms with Gasteiger partial charge in [0.05, 0.1) is 12.2 Å². The van der Waals surface area contributed by atoms with E-state index >= 15 is 0 Å². The molecule has 0 N–H and O–H groups in total. The zero-order valence-electron chi connectivity index (χ0n) is 23.1. The van der Waals surface area contributed by atoms with Gasteiger partial charge in [-0.3, -0.25) is 9.79 Å². The summed E-state index contributed by atoms with van der Waals surface area (Å²) in [5, 5.41) is 0. The van der Waals surface area contributed by atoms with Crippen molar-refractivity contribution >= 4 is 12.0 Å². The molecular weight excluding hydrogens is 491 g/mol. The van der Waals surface area contributed by atoms with E-state index < -0.39 is 6.36 Å². The van der Waals surface area contributed by atoms with Gasteiger partial charge in [-0.05, 0) is 68.2 Å². The Kier molecular flexibility index (Phi) is 18.6. The monoisotopic (exact) mass is 531 g/mol. The number of rotatable bonds is 11. The lowest BCUT2D eigenvalue weighted by molar-refractivity contribution is -0.274. The van der Waals surface area contributed by atoms with Crippen LogP contribution in [0.1, 0.15) is 77.1 Å². The Morgan fingerprint density at radius 2 is 1.66 bits per heavy atom. The van der Waals surface area contributed by atoms with Gasteiger partial charge in [0.1, 0.15) is 11.5 Å². The fourth-order valence-corrected chi connectivity index (χ4v) is 2.85. The lowest BCUT2D eigenvalue weighted by atomic mass is 10.0. The van der Waals surface area contributed by atoms with E-state index in [1.807, 2.05) is 39.1 Å². The number of ether oxygens (including phenoxy) is 2. The maximum Gasteiger partial charge on any atom is 0.573 e. The maximum atomic E-state index is 12.2. The summed E-state index contributed by atoms with van der Waals surface area (Å²) in [6.45, 7) is 11.0. The zero-order chi connectivity index (χ0) is 28.8. The Bertz CT molecular complexity index is 1020. The predicted octanol–water partition coefficient (Wildman–Crippen LogP) is 9.10. The molecule has 4 nitrogen and oxygen atoms in total. The van der Waals surface area contributed by atoms with Gasteiger partial charge in [0.2, 0.25) is 0 Å². The smallest absolute Gasteiger partial charge is 0.493 e. The van der Waals surface area contributed by atoms with E-state index in [-0.39, 0.29) is 11.5 Å². The second-order valence-electron chi connectivity index (χ2n) is 8.03. The van der Waals surface area contributed by atoms with Gasteiger partial charge in [-0.1, -0.05) is 57.9 Å². The number of unbranched alkanes of at least 4 members (excludes halogenated alkanes) is 2. The number of allylic oxidation sites excluding steroid dienone is 2. The predicted molar refractivity (Wildman–Crippen MR) is 151 cm³/mol. The lowest BCUT2D eigenvalue weighted by Gasteiger charge is -2.12. The number of carbonyl (C=O) groups excluding carboxylic acids is 1. The third-order valence-corrected chi connectivity index (χ3v) is 4.72. The standard InChI is InChI=1S/C18H17F3O3.C9H17N.C4H6/c1-3-10-23-17-9-6-14(11-16(17)12(2)22)13-4-7-15(8-5-13)24-18(19,20)21;1-3-5-7-9-10-8-6-4-2;1-3-4-2/h4-9,11H,3,10H2,1-2H3;4,6,8H,3,5,7,9H2,1-2H3;1H,4H2,2H3/b;6-4-,10-8?;. The van der Waals surface area contributed by atoms with Crippen LogP contribution in [0.3, 0.4) is 0 Å². The molecule has 0 saturated heterocycles. The number of alkyl halides is 3. The number of terminal acetylenes is 1. The van der Waals surface area contributed by atoms with Gasteiger partial charge in [0.25, 0.3) is 0 Å². The van der Waals surface area contributed by atoms with E-state index in [4.69, 9.17) is 11.2 Å². The molecule has 2 aromatic carbocycles. The van der Waals surface area contributed by atoms with Gasteiger partial charge in [0.15, 0.2) is 5.78 Å². The molecule has 7 heteroatoms. The molecule has 208 valence electrons. The van der Waals surface area contributed by atoms with Crippen molar-refractivity contribution in [3.8, 4) is 35.0 Å². The van der Waals surface area contributed by atoms with Crippen LogP contribution in [0.2, 0.25) is 0 Å². The molecule has 0 heterocycles. The molecule has 0 aromatic heterocycles. The van der Waals surface area contributed by atoms with Crippen molar-refractivity contribution in [1.82, 2.24) is 0 Å². The summed E-state index contributed by atoms with van der Waals surface area (Å²) in [6.07, 6.45) is 11.4. The van der Waals surface area contributed by atoms with Crippen LogP contribution in [0.15, 0.2) is 59.6 Å². The van der Waals surface area contributed by atoms with Crippen LogP contribution in [0.4, 0.5) is 13.2 Å². The van der Waals surface area contributed by atoms with Crippen molar-refractivity contribution in [3.63, 3.8) is 0 Å². The Hall–Kier alpha value is -3.53. The highest BCUT2D eigenvalue weighted by Gasteiger charge is 2.30. The molecule has 2 rings (SSSR count). The number of benzene rings is 2. The van der Waals surface area contributed by atoms with Crippen molar-refractivity contribution in [2.24, 2.45) is 4.99 Å². The van der Waals surface area contributed by atoms with Crippen molar-refractivity contribution < 1.29 is 27.4 Å². The third-order valence-electron chi connectivity index (χ3n) is 4.72. The number of aliphatic imine (C=N–C) groups is 1. The molecule has 0 spiro atoms. The summed E-state index contributed by atoms with van der Waals surface area (Å²) in [7, 11) is 0. The molecule has 0 bridgehead atoms. The first-order chi connectivity index (χ1) is 18.1. The van der Waals surface area contributed by atoms with Crippen molar-refractivity contribution in [1.29, 1.82) is 0 Å². The van der Waals surface area contributed by atoms with E-state index in [2.05, 4.69) is 22.6 Å². The molecule has 0 saturated carbocycles. The van der Waals surface area contributed by atoms with Gasteiger partial charge in [-0.2, -0.15) is 0 Å². The van der Waals surface area contributed by atoms with Gasteiger partial charge in [-0.15, -0.1) is 25.5 Å². The summed E-state index contributed by atoms with van der Waals surface area (Å²) >= 11 is 0. The number of ketones is 1. The van der Waals surface area contributed by atoms with Crippen LogP contribution in [-0.2, 0) is 0 Å². The van der Waals surface area contributed by atoms with Crippen LogP contribution in [0, 0.1) is 12.3 Å². The lowest BCUT2D eigenvalue weighted by Crippen LogP contribution is -2.16. The zero-order valence-corrected chi connectivity index (χ0v) is 23.1. The molecule has 0 aliphatic heterocycles. The highest BCUT2D eigenvalue weighted by atomic mass is 19.4. The topological polar surface area (TPSA) is 47.9 Å². The van der Waals surface area contributed by atoms with E-state index in [1.54, 1.807) is 18.2 Å². The normalized spacial score (nSPS) is 10.7. The summed E-state index contributed by atoms with van der Waals surface area (Å²) in [5.74, 6) is 2.51. The van der Waals surface area contributed by atoms with Crippen LogP contribution in [-0.4, -0.2) is 31.5 Å². The largest absolute Gasteiger partial charge is 0.573 e. The Labute approximate surface area is 226 Å². The molecule has 0 radical (unpaired) electrons. The van der Waals surface area contributed by atoms with Gasteiger partial charge in [0, 0.05) is 19.2 Å². The minimum Gasteiger partial charge on any atom is -0.493 e. The van der Waals surface area contributed by atoms with Crippen LogP contribution < -0.4 is 9.47 Å². The number of halogens is 3. The Morgan fingerprint density at radius 3 is 2.16 bits per heavy atom. The number of Topliss-reactive ketones (excluding diaryl/α,β-unsaturated/α-hetero) is 1. The van der Waals surface area contributed by atoms with Crippen LogP contribution in [0.5, 0.6) is 11.5 Å². The van der Waals surface area contributed by atoms with Crippen molar-refractivity contribution in [3.05, 3.63) is 60.2 Å². The number of hydrogen-bond donors (Lipinski definition) is 0. The van der Waals surface area contributed by atoms with Gasteiger partial charge < -0.3 is 9.47 Å². The van der Waals surface area contributed by atoms with Gasteiger partial charge in [-0.25, -0.2) is 0 Å². The highest BCUT2D eigenvalue weighted by Crippen LogP contribution is 2.30. The first kappa shape index (κ1) is 34.5. The third kappa shape index (κ3) is 16.3. The summed E-state index contributed by atoms with van der Waals surface area (Å²) in [6, 6.07) is 10.6. The molecule has 0 atom stereocenters. The SMILES string of the molecule is C#CCC.C/C=C\C=NCCCCC.CCCOc1ccc(-c2ccc(OC(F)(F)F)cc2)cc1C(C)=O. The molecule has 0 amide bonds. The van der Waals surface area contributed by atoms with E-state index in [1.165, 1.54) is 50.5 Å². The fraction of sp³-hybridized carbons (Fsp3) is 0.419. The highest BCUT2D eigenvalue weighted by molar-refractivity contribution is 5.98. The quantitative estimate of drug-likeness (QED) is 0.126. The van der Waals surface area contributed by atoms with Crippen LogP contribution >= 0.6 is 0 Å². The summed E-state index contributed by atoms with van der Waals surface area (Å²) in [5.41, 5.74) is 1.83. The molecule has 0 aliphatic carbocycles. The molecular formula is C31H40F3NO3. The second kappa shape index (κ2) is 20.5.